The number of nitrogens with one attached hydrogen (secondary N) is 1. The quantitative estimate of drug-likeness (QED) is 0.399. The number of rotatable bonds is 6. The van der Waals surface area contributed by atoms with Crippen molar-refractivity contribution in [2.45, 2.75) is 12.5 Å². The van der Waals surface area contributed by atoms with Gasteiger partial charge in [0.25, 0.3) is 0 Å². The summed E-state index contributed by atoms with van der Waals surface area (Å²) in [6, 6.07) is 12.8. The molecule has 1 aliphatic heterocycles. The zero-order valence-electron chi connectivity index (χ0n) is 18.3. The van der Waals surface area contributed by atoms with Crippen molar-refractivity contribution in [3.05, 3.63) is 65.1 Å². The van der Waals surface area contributed by atoms with Crippen LogP contribution in [0.5, 0.6) is 5.75 Å². The normalized spacial score (nSPS) is 17.5. The van der Waals surface area contributed by atoms with Gasteiger partial charge in [-0.1, -0.05) is 23.7 Å². The Morgan fingerprint density at radius 1 is 1.24 bits per heavy atom. The van der Waals surface area contributed by atoms with Crippen LogP contribution in [0.1, 0.15) is 23.9 Å². The maximum atomic E-state index is 6.52. The zero-order valence-corrected chi connectivity index (χ0v) is 19.1. The van der Waals surface area contributed by atoms with Crippen LogP contribution in [0.25, 0.3) is 22.3 Å². The van der Waals surface area contributed by atoms with Crippen LogP contribution < -0.4 is 16.2 Å². The molecule has 33 heavy (non-hydrogen) atoms. The predicted molar refractivity (Wildman–Crippen MR) is 130 cm³/mol. The number of hydrogen-bond acceptors (Lipinski definition) is 7. The van der Waals surface area contributed by atoms with Gasteiger partial charge < -0.3 is 26.1 Å². The lowest BCUT2D eigenvalue weighted by molar-refractivity contribution is 0.251. The summed E-state index contributed by atoms with van der Waals surface area (Å²) < 4.78 is 6.32. The Morgan fingerprint density at radius 3 is 2.88 bits per heavy atom. The third-order valence-electron chi connectivity index (χ3n) is 6.01. The minimum absolute atomic E-state index is 0.220. The van der Waals surface area contributed by atoms with E-state index in [0.29, 0.717) is 34.8 Å². The molecule has 1 fully saturated rings. The van der Waals surface area contributed by atoms with E-state index < -0.39 is 6.04 Å². The van der Waals surface area contributed by atoms with Gasteiger partial charge in [0.05, 0.1) is 23.9 Å². The molecule has 1 saturated heterocycles. The molecule has 2 aromatic heterocycles. The molecule has 5 N–H and O–H groups in total. The molecule has 2 aromatic carbocycles. The average Bonchev–Trinajstić information content (AvgIpc) is 3.43. The van der Waals surface area contributed by atoms with Crippen LogP contribution in [0.2, 0.25) is 5.02 Å². The number of aromatic amines is 1. The van der Waals surface area contributed by atoms with E-state index in [2.05, 4.69) is 26.9 Å². The summed E-state index contributed by atoms with van der Waals surface area (Å²) in [5.41, 5.74) is 16.3. The van der Waals surface area contributed by atoms with Crippen LogP contribution in [0.3, 0.4) is 0 Å². The molecule has 0 spiro atoms. The van der Waals surface area contributed by atoms with Crippen LogP contribution in [-0.4, -0.2) is 51.6 Å². The maximum absolute atomic E-state index is 6.52. The van der Waals surface area contributed by atoms with Crippen LogP contribution in [0, 0.1) is 5.92 Å². The Morgan fingerprint density at radius 2 is 2.12 bits per heavy atom. The van der Waals surface area contributed by atoms with Gasteiger partial charge in [0.15, 0.2) is 0 Å². The summed E-state index contributed by atoms with van der Waals surface area (Å²) in [7, 11) is 2.13. The Hall–Kier alpha value is -3.20. The van der Waals surface area contributed by atoms with Crippen molar-refractivity contribution >= 4 is 28.6 Å². The molecule has 3 heterocycles. The maximum Gasteiger partial charge on any atom is 0.220 e. The number of imidazole rings is 1. The van der Waals surface area contributed by atoms with Crippen molar-refractivity contribution in [3.63, 3.8) is 0 Å². The van der Waals surface area contributed by atoms with Gasteiger partial charge in [0.2, 0.25) is 5.95 Å². The van der Waals surface area contributed by atoms with Gasteiger partial charge in [-0.15, -0.1) is 0 Å². The van der Waals surface area contributed by atoms with Gasteiger partial charge in [0.1, 0.15) is 17.1 Å². The molecule has 9 heteroatoms. The highest BCUT2D eigenvalue weighted by atomic mass is 35.5. The van der Waals surface area contributed by atoms with E-state index in [0.717, 1.165) is 41.7 Å². The molecular formula is C24H26ClN7O. The number of halogens is 1. The molecule has 4 aromatic rings. The number of nitrogens with zero attached hydrogens (tertiary/aromatic N) is 4. The Bertz CT molecular complexity index is 1290. The molecule has 0 amide bonds. The minimum Gasteiger partial charge on any atom is -0.491 e. The second kappa shape index (κ2) is 8.97. The third kappa shape index (κ3) is 4.64. The predicted octanol–water partition coefficient (Wildman–Crippen LogP) is 3.63. The summed E-state index contributed by atoms with van der Waals surface area (Å²) in [4.78, 5) is 18.9. The molecule has 2 atom stereocenters. The number of benzene rings is 2. The van der Waals surface area contributed by atoms with Gasteiger partial charge in [-0.05, 0) is 55.9 Å². The summed E-state index contributed by atoms with van der Waals surface area (Å²) in [5.74, 6) is 2.03. The largest absolute Gasteiger partial charge is 0.491 e. The van der Waals surface area contributed by atoms with E-state index >= 15 is 0 Å². The third-order valence-corrected chi connectivity index (χ3v) is 6.24. The average molecular weight is 464 g/mol. The number of anilines is 1. The smallest absolute Gasteiger partial charge is 0.220 e. The van der Waals surface area contributed by atoms with Crippen molar-refractivity contribution in [2.24, 2.45) is 11.7 Å². The number of likely N-dealkylation sites (tertiary alicyclic amines) is 1. The van der Waals surface area contributed by atoms with Crippen molar-refractivity contribution < 1.29 is 4.74 Å². The number of nitrogens with two attached hydrogens (primary N) is 2. The molecule has 170 valence electrons. The van der Waals surface area contributed by atoms with E-state index in [-0.39, 0.29) is 5.95 Å². The standard InChI is InChI=1S/C24H26ClN7O/c1-32-8-6-14(12-32)13-33-20-11-16(18-5-7-28-24(27)30-18)10-19-22(20)31-23(29-19)21(26)15-3-2-4-17(25)9-15/h2-5,7,9-11,14,21H,6,8,12-13,26H2,1H3,(H,29,31)(H2,27,28,30). The topological polar surface area (TPSA) is 119 Å². The first-order chi connectivity index (χ1) is 16.0. The SMILES string of the molecule is CN1CCC(COc2cc(-c3ccnc(N)n3)cc3[nH]c(C(N)c4cccc(Cl)c4)nc23)C1. The lowest BCUT2D eigenvalue weighted by Crippen LogP contribution is -2.18. The van der Waals surface area contributed by atoms with Gasteiger partial charge in [0, 0.05) is 29.2 Å². The summed E-state index contributed by atoms with van der Waals surface area (Å²) in [6.45, 7) is 2.73. The molecule has 0 radical (unpaired) electrons. The number of nitrogen functional groups attached to an aromatic ring is 1. The molecule has 1 aliphatic rings. The molecule has 5 rings (SSSR count). The van der Waals surface area contributed by atoms with Crippen LogP contribution in [0.15, 0.2) is 48.7 Å². The van der Waals surface area contributed by atoms with E-state index in [9.17, 15) is 0 Å². The fourth-order valence-electron chi connectivity index (χ4n) is 4.27. The van der Waals surface area contributed by atoms with Gasteiger partial charge in [-0.2, -0.15) is 0 Å². The van der Waals surface area contributed by atoms with Crippen LogP contribution >= 0.6 is 11.6 Å². The van der Waals surface area contributed by atoms with Gasteiger partial charge in [-0.25, -0.2) is 15.0 Å². The molecule has 0 saturated carbocycles. The number of hydrogen-bond donors (Lipinski definition) is 3. The molecule has 8 nitrogen and oxygen atoms in total. The first-order valence-corrected chi connectivity index (χ1v) is 11.3. The van der Waals surface area contributed by atoms with E-state index in [1.54, 1.807) is 6.20 Å². The first kappa shape index (κ1) is 21.6. The van der Waals surface area contributed by atoms with E-state index in [1.807, 2.05) is 42.5 Å². The fraction of sp³-hybridized carbons (Fsp3) is 0.292. The number of fused-ring (bicyclic) bond motifs is 1. The minimum atomic E-state index is -0.453. The molecular weight excluding hydrogens is 438 g/mol. The van der Waals surface area contributed by atoms with Crippen molar-refractivity contribution in [3.8, 4) is 17.0 Å². The Kier molecular flexibility index (Phi) is 5.88. The van der Waals surface area contributed by atoms with E-state index in [1.165, 1.54) is 0 Å². The monoisotopic (exact) mass is 463 g/mol. The highest BCUT2D eigenvalue weighted by molar-refractivity contribution is 6.30. The van der Waals surface area contributed by atoms with E-state index in [4.69, 9.17) is 32.8 Å². The first-order valence-electron chi connectivity index (χ1n) is 10.9. The lowest BCUT2D eigenvalue weighted by Gasteiger charge is -2.13. The van der Waals surface area contributed by atoms with Crippen molar-refractivity contribution in [2.75, 3.05) is 32.5 Å². The highest BCUT2D eigenvalue weighted by Crippen LogP contribution is 2.33. The molecule has 0 aliphatic carbocycles. The molecule has 2 unspecified atom stereocenters. The summed E-state index contributed by atoms with van der Waals surface area (Å²) in [6.07, 6.45) is 2.76. The highest BCUT2D eigenvalue weighted by Gasteiger charge is 2.22. The fourth-order valence-corrected chi connectivity index (χ4v) is 4.47. The zero-order chi connectivity index (χ0) is 22.9. The van der Waals surface area contributed by atoms with Gasteiger partial charge in [-0.3, -0.25) is 0 Å². The van der Waals surface area contributed by atoms with Gasteiger partial charge >= 0.3 is 0 Å². The number of ether oxygens (including phenoxy) is 1. The summed E-state index contributed by atoms with van der Waals surface area (Å²) >= 11 is 6.16. The lowest BCUT2D eigenvalue weighted by atomic mass is 10.1. The molecule has 0 bridgehead atoms. The number of H-pyrrole nitrogens is 1. The van der Waals surface area contributed by atoms with Crippen LogP contribution in [-0.2, 0) is 0 Å². The Balaban J connectivity index is 1.54. The second-order valence-electron chi connectivity index (χ2n) is 8.55. The second-order valence-corrected chi connectivity index (χ2v) is 8.99. The van der Waals surface area contributed by atoms with Crippen molar-refractivity contribution in [1.82, 2.24) is 24.8 Å². The number of aromatic nitrogens is 4. The van der Waals surface area contributed by atoms with Crippen LogP contribution in [0.4, 0.5) is 5.95 Å². The Labute approximate surface area is 197 Å². The summed E-state index contributed by atoms with van der Waals surface area (Å²) in [5, 5.41) is 0.633. The van der Waals surface area contributed by atoms with Crippen molar-refractivity contribution in [1.29, 1.82) is 0 Å².